The van der Waals surface area contributed by atoms with Gasteiger partial charge in [-0.2, -0.15) is 4.98 Å². The van der Waals surface area contributed by atoms with Gasteiger partial charge in [0.1, 0.15) is 0 Å². The molecule has 0 bridgehead atoms. The minimum Gasteiger partial charge on any atom is -0.398 e. The second-order valence-corrected chi connectivity index (χ2v) is 6.60. The van der Waals surface area contributed by atoms with Crippen LogP contribution in [0.4, 0.5) is 5.69 Å². The van der Waals surface area contributed by atoms with E-state index in [1.54, 1.807) is 13.0 Å². The predicted octanol–water partition coefficient (Wildman–Crippen LogP) is 1.10. The van der Waals surface area contributed by atoms with Crippen molar-refractivity contribution in [2.45, 2.75) is 32.1 Å². The van der Waals surface area contributed by atoms with Crippen LogP contribution in [0.25, 0.3) is 0 Å². The Morgan fingerprint density at radius 1 is 1.29 bits per heavy atom. The number of rotatable bonds is 5. The summed E-state index contributed by atoms with van der Waals surface area (Å²) in [5.74, 6) is 0.921. The van der Waals surface area contributed by atoms with E-state index in [4.69, 9.17) is 10.3 Å². The number of aryl methyl sites for hydroxylation is 2. The smallest absolute Gasteiger partial charge is 0.240 e. The molecule has 1 aromatic heterocycles. The lowest BCUT2D eigenvalue weighted by Crippen LogP contribution is -2.26. The van der Waals surface area contributed by atoms with Gasteiger partial charge in [0.15, 0.2) is 5.82 Å². The summed E-state index contributed by atoms with van der Waals surface area (Å²) < 4.78 is 31.7. The van der Waals surface area contributed by atoms with Crippen LogP contribution < -0.4 is 10.5 Å². The lowest BCUT2D eigenvalue weighted by molar-refractivity contribution is 0.387. The SMILES string of the molecule is Cc1nc(CCNS(=O)(=O)c2cc(C)c(C)c(N)c2)no1. The zero-order valence-corrected chi connectivity index (χ0v) is 13.0. The molecule has 0 fully saturated rings. The number of benzene rings is 1. The highest BCUT2D eigenvalue weighted by Gasteiger charge is 2.16. The van der Waals surface area contributed by atoms with Crippen LogP contribution in [0.1, 0.15) is 22.8 Å². The van der Waals surface area contributed by atoms with E-state index in [0.29, 0.717) is 23.8 Å². The zero-order chi connectivity index (χ0) is 15.6. The molecule has 0 saturated carbocycles. The first-order valence-corrected chi connectivity index (χ1v) is 7.93. The summed E-state index contributed by atoms with van der Waals surface area (Å²) in [5.41, 5.74) is 8.00. The minimum absolute atomic E-state index is 0.160. The Bertz CT molecular complexity index is 730. The number of nitrogens with one attached hydrogen (secondary N) is 1. The number of aromatic nitrogens is 2. The Balaban J connectivity index is 2.08. The van der Waals surface area contributed by atoms with E-state index in [0.717, 1.165) is 11.1 Å². The maximum Gasteiger partial charge on any atom is 0.240 e. The molecule has 1 heterocycles. The quantitative estimate of drug-likeness (QED) is 0.800. The minimum atomic E-state index is -3.60. The van der Waals surface area contributed by atoms with Crippen LogP contribution in [0.15, 0.2) is 21.6 Å². The molecule has 0 radical (unpaired) electrons. The number of sulfonamides is 1. The zero-order valence-electron chi connectivity index (χ0n) is 12.2. The lowest BCUT2D eigenvalue weighted by Gasteiger charge is -2.10. The maximum absolute atomic E-state index is 12.2. The van der Waals surface area contributed by atoms with Gasteiger partial charge in [-0.3, -0.25) is 0 Å². The van der Waals surface area contributed by atoms with Crippen molar-refractivity contribution in [3.8, 4) is 0 Å². The molecule has 0 aliphatic rings. The van der Waals surface area contributed by atoms with Gasteiger partial charge in [0.25, 0.3) is 0 Å². The van der Waals surface area contributed by atoms with Crippen molar-refractivity contribution >= 4 is 15.7 Å². The highest BCUT2D eigenvalue weighted by atomic mass is 32.2. The molecule has 7 nitrogen and oxygen atoms in total. The summed E-state index contributed by atoms with van der Waals surface area (Å²) in [5, 5.41) is 3.71. The molecule has 114 valence electrons. The average molecular weight is 310 g/mol. The van der Waals surface area contributed by atoms with Gasteiger partial charge in [-0.1, -0.05) is 5.16 Å². The normalized spacial score (nSPS) is 11.8. The maximum atomic E-state index is 12.2. The highest BCUT2D eigenvalue weighted by molar-refractivity contribution is 7.89. The molecule has 0 spiro atoms. The molecule has 0 atom stereocenters. The summed E-state index contributed by atoms with van der Waals surface area (Å²) in [6.07, 6.45) is 0.358. The van der Waals surface area contributed by atoms with Crippen LogP contribution >= 0.6 is 0 Å². The molecule has 21 heavy (non-hydrogen) atoms. The molecule has 0 aliphatic heterocycles. The first kappa shape index (κ1) is 15.5. The topological polar surface area (TPSA) is 111 Å². The molecule has 0 saturated heterocycles. The van der Waals surface area contributed by atoms with Gasteiger partial charge in [-0.25, -0.2) is 13.1 Å². The van der Waals surface area contributed by atoms with E-state index in [1.807, 2.05) is 13.8 Å². The molecule has 0 unspecified atom stereocenters. The largest absolute Gasteiger partial charge is 0.398 e. The van der Waals surface area contributed by atoms with Gasteiger partial charge in [0.05, 0.1) is 4.90 Å². The Morgan fingerprint density at radius 3 is 2.57 bits per heavy atom. The van der Waals surface area contributed by atoms with E-state index in [2.05, 4.69) is 14.9 Å². The molecule has 2 rings (SSSR count). The van der Waals surface area contributed by atoms with Crippen molar-refractivity contribution in [2.24, 2.45) is 0 Å². The second-order valence-electron chi connectivity index (χ2n) is 4.83. The van der Waals surface area contributed by atoms with Gasteiger partial charge < -0.3 is 10.3 Å². The molecule has 0 amide bonds. The molecule has 2 aromatic rings. The number of hydrogen-bond donors (Lipinski definition) is 2. The van der Waals surface area contributed by atoms with E-state index in [9.17, 15) is 8.42 Å². The Labute approximate surface area is 123 Å². The number of anilines is 1. The molecule has 0 aliphatic carbocycles. The first-order chi connectivity index (χ1) is 9.79. The molecular weight excluding hydrogens is 292 g/mol. The number of nitrogens with zero attached hydrogens (tertiary/aromatic N) is 2. The van der Waals surface area contributed by atoms with Crippen LogP contribution in [0, 0.1) is 20.8 Å². The third-order valence-corrected chi connectivity index (χ3v) is 4.64. The Kier molecular flexibility index (Phi) is 4.29. The highest BCUT2D eigenvalue weighted by Crippen LogP contribution is 2.21. The van der Waals surface area contributed by atoms with E-state index < -0.39 is 10.0 Å². The van der Waals surface area contributed by atoms with Gasteiger partial charge in [-0.05, 0) is 37.1 Å². The van der Waals surface area contributed by atoms with Crippen molar-refractivity contribution in [3.05, 3.63) is 35.0 Å². The molecule has 8 heteroatoms. The molecular formula is C13H18N4O3S. The first-order valence-electron chi connectivity index (χ1n) is 6.45. The molecule has 3 N–H and O–H groups in total. The van der Waals surface area contributed by atoms with Crippen LogP contribution in [0.2, 0.25) is 0 Å². The van der Waals surface area contributed by atoms with Gasteiger partial charge in [0.2, 0.25) is 15.9 Å². The third-order valence-electron chi connectivity index (χ3n) is 3.20. The van der Waals surface area contributed by atoms with Crippen LogP contribution in [-0.2, 0) is 16.4 Å². The summed E-state index contributed by atoms with van der Waals surface area (Å²) in [6.45, 7) is 5.55. The van der Waals surface area contributed by atoms with Gasteiger partial charge in [0, 0.05) is 25.6 Å². The van der Waals surface area contributed by atoms with Crippen molar-refractivity contribution in [3.63, 3.8) is 0 Å². The monoisotopic (exact) mass is 310 g/mol. The third kappa shape index (κ3) is 3.59. The summed E-state index contributed by atoms with van der Waals surface area (Å²) >= 11 is 0. The summed E-state index contributed by atoms with van der Waals surface area (Å²) in [7, 11) is -3.60. The van der Waals surface area contributed by atoms with Gasteiger partial charge >= 0.3 is 0 Å². The van der Waals surface area contributed by atoms with Crippen molar-refractivity contribution < 1.29 is 12.9 Å². The lowest BCUT2D eigenvalue weighted by atomic mass is 10.1. The standard InChI is InChI=1S/C13H18N4O3S/c1-8-6-11(7-12(14)9(8)2)21(18,19)15-5-4-13-16-10(3)20-17-13/h6-7,15H,4-5,14H2,1-3H3. The Morgan fingerprint density at radius 2 is 2.00 bits per heavy atom. The van der Waals surface area contributed by atoms with Gasteiger partial charge in [-0.15, -0.1) is 0 Å². The fourth-order valence-corrected chi connectivity index (χ4v) is 2.98. The van der Waals surface area contributed by atoms with Crippen LogP contribution in [0.3, 0.4) is 0 Å². The number of hydrogen-bond acceptors (Lipinski definition) is 6. The van der Waals surface area contributed by atoms with Crippen LogP contribution in [-0.4, -0.2) is 25.1 Å². The molecule has 1 aromatic carbocycles. The van der Waals surface area contributed by atoms with Crippen molar-refractivity contribution in [2.75, 3.05) is 12.3 Å². The summed E-state index contributed by atoms with van der Waals surface area (Å²) in [4.78, 5) is 4.17. The fraction of sp³-hybridized carbons (Fsp3) is 0.385. The average Bonchev–Trinajstić information content (AvgIpc) is 2.81. The fourth-order valence-electron chi connectivity index (χ4n) is 1.83. The van der Waals surface area contributed by atoms with Crippen molar-refractivity contribution in [1.82, 2.24) is 14.9 Å². The van der Waals surface area contributed by atoms with E-state index in [1.165, 1.54) is 6.07 Å². The van der Waals surface area contributed by atoms with Crippen molar-refractivity contribution in [1.29, 1.82) is 0 Å². The van der Waals surface area contributed by atoms with E-state index in [-0.39, 0.29) is 11.4 Å². The van der Waals surface area contributed by atoms with E-state index >= 15 is 0 Å². The van der Waals surface area contributed by atoms with Crippen LogP contribution in [0.5, 0.6) is 0 Å². The second kappa shape index (κ2) is 5.82. The summed E-state index contributed by atoms with van der Waals surface area (Å²) in [6, 6.07) is 3.07. The Hall–Kier alpha value is -1.93. The number of nitrogens with two attached hydrogens (primary N) is 1. The predicted molar refractivity (Wildman–Crippen MR) is 78.3 cm³/mol. The number of nitrogen functional groups attached to an aromatic ring is 1.